The molecule has 4 aromatic rings. The summed E-state index contributed by atoms with van der Waals surface area (Å²) in [6.45, 7) is 0. The Bertz CT molecular complexity index is 1250. The molecule has 0 aliphatic rings. The van der Waals surface area contributed by atoms with Gasteiger partial charge in [-0.15, -0.1) is 32.9 Å². The lowest BCUT2D eigenvalue weighted by atomic mass is 10.0. The number of ether oxygens (including phenoxy) is 1. The fourth-order valence-electron chi connectivity index (χ4n) is 2.95. The summed E-state index contributed by atoms with van der Waals surface area (Å²) in [5, 5.41) is 16.7. The van der Waals surface area contributed by atoms with Crippen molar-refractivity contribution >= 4 is 62.9 Å². The second-order valence-corrected chi connectivity index (χ2v) is 9.74. The van der Waals surface area contributed by atoms with Gasteiger partial charge in [0.2, 0.25) is 5.91 Å². The van der Waals surface area contributed by atoms with Crippen molar-refractivity contribution in [1.29, 1.82) is 0 Å². The van der Waals surface area contributed by atoms with Gasteiger partial charge in [0.05, 0.1) is 17.7 Å². The van der Waals surface area contributed by atoms with E-state index in [1.807, 2.05) is 46.6 Å². The Morgan fingerprint density at radius 1 is 1.19 bits per heavy atom. The number of benzene rings is 1. The molecule has 3 heterocycles. The van der Waals surface area contributed by atoms with Crippen LogP contribution in [0.4, 0.5) is 5.00 Å². The van der Waals surface area contributed by atoms with Crippen LogP contribution < -0.4 is 5.32 Å². The summed E-state index contributed by atoms with van der Waals surface area (Å²) >= 11 is 10.1. The number of aromatic nitrogens is 3. The second kappa shape index (κ2) is 9.86. The first-order valence-corrected chi connectivity index (χ1v) is 12.4. The maximum absolute atomic E-state index is 12.6. The standard InChI is InChI=1S/C21H17ClN4O3S3/c1-26-18(15-4-3-9-30-15)24-25-21(26)32-11-16(27)23-19-17(20(28)29-2)14(10-31-19)12-5-7-13(22)8-6-12/h3-10H,11H2,1-2H3,(H,23,27). The highest BCUT2D eigenvalue weighted by molar-refractivity contribution is 7.99. The Kier molecular flexibility index (Phi) is 6.95. The predicted octanol–water partition coefficient (Wildman–Crippen LogP) is 5.44. The summed E-state index contributed by atoms with van der Waals surface area (Å²) in [5.74, 6) is 0.0886. The number of carbonyl (C=O) groups excluding carboxylic acids is 2. The minimum absolute atomic E-state index is 0.116. The molecule has 4 rings (SSSR count). The van der Waals surface area contributed by atoms with Crippen LogP contribution >= 0.6 is 46.0 Å². The molecular weight excluding hydrogens is 488 g/mol. The molecule has 1 aromatic carbocycles. The van der Waals surface area contributed by atoms with E-state index in [1.54, 1.807) is 23.5 Å². The summed E-state index contributed by atoms with van der Waals surface area (Å²) in [5.41, 5.74) is 1.80. The molecule has 1 N–H and O–H groups in total. The van der Waals surface area contributed by atoms with E-state index in [0.29, 0.717) is 26.3 Å². The Labute approximate surface area is 201 Å². The van der Waals surface area contributed by atoms with E-state index in [9.17, 15) is 9.59 Å². The molecule has 11 heteroatoms. The van der Waals surface area contributed by atoms with Crippen molar-refractivity contribution in [2.75, 3.05) is 18.2 Å². The number of methoxy groups -OCH3 is 1. The van der Waals surface area contributed by atoms with Gasteiger partial charge in [0.1, 0.15) is 10.6 Å². The lowest BCUT2D eigenvalue weighted by molar-refractivity contribution is -0.113. The van der Waals surface area contributed by atoms with E-state index in [4.69, 9.17) is 16.3 Å². The lowest BCUT2D eigenvalue weighted by Gasteiger charge is -2.08. The van der Waals surface area contributed by atoms with Gasteiger partial charge in [-0.05, 0) is 29.1 Å². The molecule has 0 radical (unpaired) electrons. The van der Waals surface area contributed by atoms with Gasteiger partial charge in [-0.25, -0.2) is 4.79 Å². The molecule has 0 bridgehead atoms. The number of carbonyl (C=O) groups is 2. The highest BCUT2D eigenvalue weighted by atomic mass is 35.5. The quantitative estimate of drug-likeness (QED) is 0.266. The lowest BCUT2D eigenvalue weighted by Crippen LogP contribution is -2.16. The van der Waals surface area contributed by atoms with Crippen molar-refractivity contribution in [3.63, 3.8) is 0 Å². The van der Waals surface area contributed by atoms with Crippen molar-refractivity contribution in [2.24, 2.45) is 7.05 Å². The number of anilines is 1. The summed E-state index contributed by atoms with van der Waals surface area (Å²) in [7, 11) is 3.18. The average Bonchev–Trinajstić information content (AvgIpc) is 3.53. The zero-order chi connectivity index (χ0) is 22.7. The molecule has 0 saturated heterocycles. The highest BCUT2D eigenvalue weighted by Crippen LogP contribution is 2.37. The largest absolute Gasteiger partial charge is 0.465 e. The van der Waals surface area contributed by atoms with Crippen molar-refractivity contribution in [1.82, 2.24) is 14.8 Å². The monoisotopic (exact) mass is 504 g/mol. The average molecular weight is 505 g/mol. The summed E-state index contributed by atoms with van der Waals surface area (Å²) in [6.07, 6.45) is 0. The van der Waals surface area contributed by atoms with Gasteiger partial charge < -0.3 is 14.6 Å². The molecule has 0 atom stereocenters. The van der Waals surface area contributed by atoms with Crippen LogP contribution in [0.3, 0.4) is 0 Å². The highest BCUT2D eigenvalue weighted by Gasteiger charge is 2.23. The third-order valence-corrected chi connectivity index (χ3v) is 7.53. The maximum atomic E-state index is 12.6. The number of nitrogens with one attached hydrogen (secondary N) is 1. The summed E-state index contributed by atoms with van der Waals surface area (Å²) < 4.78 is 6.81. The van der Waals surface area contributed by atoms with E-state index < -0.39 is 5.97 Å². The predicted molar refractivity (Wildman–Crippen MR) is 130 cm³/mol. The summed E-state index contributed by atoms with van der Waals surface area (Å²) in [6, 6.07) is 11.0. The zero-order valence-corrected chi connectivity index (χ0v) is 20.2. The van der Waals surface area contributed by atoms with Gasteiger partial charge in [-0.2, -0.15) is 0 Å². The van der Waals surface area contributed by atoms with Gasteiger partial charge in [-0.3, -0.25) is 4.79 Å². The third-order valence-electron chi connectivity index (χ3n) is 4.50. The van der Waals surface area contributed by atoms with Crippen LogP contribution in [0.2, 0.25) is 5.02 Å². The maximum Gasteiger partial charge on any atom is 0.341 e. The first-order chi connectivity index (χ1) is 15.5. The third kappa shape index (κ3) is 4.73. The Hall–Kier alpha value is -2.66. The number of halogens is 1. The minimum Gasteiger partial charge on any atom is -0.465 e. The van der Waals surface area contributed by atoms with Crippen molar-refractivity contribution in [3.05, 3.63) is 57.7 Å². The van der Waals surface area contributed by atoms with Crippen LogP contribution in [0.5, 0.6) is 0 Å². The number of amides is 1. The number of esters is 1. The molecular formula is C21H17ClN4O3S3. The molecule has 164 valence electrons. The van der Waals surface area contributed by atoms with Crippen LogP contribution in [-0.4, -0.2) is 39.5 Å². The number of hydrogen-bond donors (Lipinski definition) is 1. The van der Waals surface area contributed by atoms with Crippen LogP contribution in [-0.2, 0) is 16.6 Å². The van der Waals surface area contributed by atoms with Gasteiger partial charge in [0, 0.05) is 23.0 Å². The van der Waals surface area contributed by atoms with E-state index >= 15 is 0 Å². The molecule has 0 aliphatic carbocycles. The van der Waals surface area contributed by atoms with Crippen LogP contribution in [0.15, 0.2) is 52.3 Å². The molecule has 0 spiro atoms. The fourth-order valence-corrected chi connectivity index (χ4v) is 5.50. The molecule has 3 aromatic heterocycles. The topological polar surface area (TPSA) is 86.1 Å². The first kappa shape index (κ1) is 22.5. The second-order valence-electron chi connectivity index (χ2n) is 6.53. The zero-order valence-electron chi connectivity index (χ0n) is 17.0. The molecule has 0 aliphatic heterocycles. The normalized spacial score (nSPS) is 10.8. The SMILES string of the molecule is COC(=O)c1c(-c2ccc(Cl)cc2)csc1NC(=O)CSc1nnc(-c2cccs2)n1C. The molecule has 32 heavy (non-hydrogen) atoms. The number of hydrogen-bond acceptors (Lipinski definition) is 8. The van der Waals surface area contributed by atoms with E-state index in [0.717, 1.165) is 16.3 Å². The Balaban J connectivity index is 1.49. The fraction of sp³-hybridized carbons (Fsp3) is 0.143. The van der Waals surface area contributed by atoms with E-state index in [2.05, 4.69) is 15.5 Å². The molecule has 0 saturated carbocycles. The van der Waals surface area contributed by atoms with Gasteiger partial charge in [-0.1, -0.05) is 41.6 Å². The Morgan fingerprint density at radius 3 is 2.66 bits per heavy atom. The van der Waals surface area contributed by atoms with Crippen LogP contribution in [0.1, 0.15) is 10.4 Å². The number of thiophene rings is 2. The number of nitrogens with zero attached hydrogens (tertiary/aromatic N) is 3. The van der Waals surface area contributed by atoms with Crippen molar-refractivity contribution < 1.29 is 14.3 Å². The van der Waals surface area contributed by atoms with Gasteiger partial charge in [0.25, 0.3) is 0 Å². The smallest absolute Gasteiger partial charge is 0.341 e. The first-order valence-electron chi connectivity index (χ1n) is 9.29. The molecule has 7 nitrogen and oxygen atoms in total. The van der Waals surface area contributed by atoms with E-state index in [-0.39, 0.29) is 11.7 Å². The van der Waals surface area contributed by atoms with Crippen LogP contribution in [0.25, 0.3) is 21.8 Å². The Morgan fingerprint density at radius 2 is 1.97 bits per heavy atom. The van der Waals surface area contributed by atoms with Crippen molar-refractivity contribution in [2.45, 2.75) is 5.16 Å². The molecule has 1 amide bonds. The summed E-state index contributed by atoms with van der Waals surface area (Å²) in [4.78, 5) is 26.1. The van der Waals surface area contributed by atoms with Gasteiger partial charge in [0.15, 0.2) is 11.0 Å². The minimum atomic E-state index is -0.520. The number of rotatable bonds is 7. The molecule has 0 unspecified atom stereocenters. The van der Waals surface area contributed by atoms with Crippen LogP contribution in [0, 0.1) is 0 Å². The van der Waals surface area contributed by atoms with Crippen molar-refractivity contribution in [3.8, 4) is 21.8 Å². The number of thioether (sulfide) groups is 1. The molecule has 0 fully saturated rings. The van der Waals surface area contributed by atoms with E-state index in [1.165, 1.54) is 30.2 Å². The van der Waals surface area contributed by atoms with Gasteiger partial charge >= 0.3 is 5.97 Å².